The molecule has 0 amide bonds. The summed E-state index contributed by atoms with van der Waals surface area (Å²) in [7, 11) is 0. The lowest BCUT2D eigenvalue weighted by Gasteiger charge is -1.94. The fourth-order valence-electron chi connectivity index (χ4n) is 0.941. The average molecular weight is 203 g/mol. The molecular weight excluding hydrogens is 194 g/mol. The molecule has 4 nitrogen and oxygen atoms in total. The molecule has 0 unspecified atom stereocenters. The van der Waals surface area contributed by atoms with E-state index in [9.17, 15) is 9.59 Å². The lowest BCUT2D eigenvalue weighted by molar-refractivity contribution is -0.137. The van der Waals surface area contributed by atoms with E-state index >= 15 is 0 Å². The Balaban J connectivity index is 2.84. The Labute approximate surface area is 87.0 Å². The number of Topliss-reactive ketones (excluding diaryl/α,β-unsaturated/α-hetero) is 1. The van der Waals surface area contributed by atoms with E-state index in [-0.39, 0.29) is 5.78 Å². The van der Waals surface area contributed by atoms with Gasteiger partial charge in [0.2, 0.25) is 0 Å². The zero-order valence-electron chi connectivity index (χ0n) is 8.11. The van der Waals surface area contributed by atoms with Crippen LogP contribution in [0.25, 0.3) is 0 Å². The molecule has 0 spiro atoms. The maximum absolute atomic E-state index is 10.9. The Morgan fingerprint density at radius 2 is 1.87 bits per heavy atom. The minimum Gasteiger partial charge on any atom is -0.363 e. The molecule has 0 fully saturated rings. The molecule has 0 aliphatic heterocycles. The van der Waals surface area contributed by atoms with E-state index in [1.165, 1.54) is 6.92 Å². The van der Waals surface area contributed by atoms with Crippen molar-refractivity contribution in [1.82, 2.24) is 0 Å². The molecular formula is C11H9NO3. The topological polar surface area (TPSA) is 69.4 Å². The van der Waals surface area contributed by atoms with Gasteiger partial charge in [0.05, 0.1) is 0 Å². The van der Waals surface area contributed by atoms with Crippen molar-refractivity contribution in [3.05, 3.63) is 35.4 Å². The number of carbonyl (C=O) groups excluding carboxylic acids is 2. The number of carbonyl (C=O) groups is 2. The molecule has 0 aliphatic rings. The van der Waals surface area contributed by atoms with Gasteiger partial charge in [-0.05, 0) is 19.1 Å². The highest BCUT2D eigenvalue weighted by Crippen LogP contribution is 2.03. The van der Waals surface area contributed by atoms with Crippen LogP contribution in [0.2, 0.25) is 0 Å². The van der Waals surface area contributed by atoms with Gasteiger partial charge in [-0.3, -0.25) is 4.79 Å². The van der Waals surface area contributed by atoms with Crippen LogP contribution in [0.1, 0.15) is 22.8 Å². The molecule has 1 aromatic rings. The second kappa shape index (κ2) is 4.94. The quantitative estimate of drug-likeness (QED) is 0.413. The summed E-state index contributed by atoms with van der Waals surface area (Å²) in [5.41, 5.74) is 1.22. The summed E-state index contributed by atoms with van der Waals surface area (Å²) in [6.45, 7) is 1.48. The molecule has 0 aliphatic carbocycles. The molecule has 0 bridgehead atoms. The van der Waals surface area contributed by atoms with Crippen LogP contribution < -0.4 is 5.90 Å². The summed E-state index contributed by atoms with van der Waals surface area (Å²) < 4.78 is 0. The molecule has 15 heavy (non-hydrogen) atoms. The second-order valence-electron chi connectivity index (χ2n) is 2.79. The highest BCUT2D eigenvalue weighted by atomic mass is 16.7. The van der Waals surface area contributed by atoms with Crippen LogP contribution in [0.15, 0.2) is 24.3 Å². The number of hydrogen-bond donors (Lipinski definition) is 1. The summed E-state index contributed by atoms with van der Waals surface area (Å²) >= 11 is 0. The van der Waals surface area contributed by atoms with Gasteiger partial charge in [-0.2, -0.15) is 5.90 Å². The van der Waals surface area contributed by atoms with Crippen LogP contribution in [0.4, 0.5) is 0 Å². The molecule has 1 rings (SSSR count). The standard InChI is InChI=1S/C11H9NO3/c1-8(13)10-5-2-9(3-6-10)4-7-11(14)15-12/h2-3,5-6H,12H2,1H3. The first kappa shape index (κ1) is 11.0. The minimum absolute atomic E-state index is 0.0177. The summed E-state index contributed by atoms with van der Waals surface area (Å²) in [5, 5.41) is 0. The minimum atomic E-state index is -0.800. The van der Waals surface area contributed by atoms with Crippen LogP contribution >= 0.6 is 0 Å². The lowest BCUT2D eigenvalue weighted by Crippen LogP contribution is -2.06. The second-order valence-corrected chi connectivity index (χ2v) is 2.79. The van der Waals surface area contributed by atoms with Gasteiger partial charge in [-0.1, -0.05) is 18.1 Å². The summed E-state index contributed by atoms with van der Waals surface area (Å²) in [5.74, 6) is 8.51. The fraction of sp³-hybridized carbons (Fsp3) is 0.0909. The Kier molecular flexibility index (Phi) is 3.61. The van der Waals surface area contributed by atoms with E-state index in [2.05, 4.69) is 22.6 Å². The number of ketones is 1. The summed E-state index contributed by atoms with van der Waals surface area (Å²) in [4.78, 5) is 25.4. The first-order valence-electron chi connectivity index (χ1n) is 4.17. The van der Waals surface area contributed by atoms with Crippen molar-refractivity contribution < 1.29 is 14.4 Å². The zero-order valence-corrected chi connectivity index (χ0v) is 8.11. The third-order valence-electron chi connectivity index (χ3n) is 1.71. The van der Waals surface area contributed by atoms with E-state index in [0.29, 0.717) is 11.1 Å². The Morgan fingerprint density at radius 3 is 2.33 bits per heavy atom. The predicted molar refractivity (Wildman–Crippen MR) is 53.6 cm³/mol. The SMILES string of the molecule is CC(=O)c1ccc(C#CC(=O)ON)cc1. The van der Waals surface area contributed by atoms with Crippen LogP contribution in [-0.4, -0.2) is 11.8 Å². The molecule has 0 heterocycles. The van der Waals surface area contributed by atoms with Gasteiger partial charge in [0, 0.05) is 17.0 Å². The van der Waals surface area contributed by atoms with E-state index < -0.39 is 5.97 Å². The number of nitrogens with two attached hydrogens (primary N) is 1. The van der Waals surface area contributed by atoms with E-state index in [1.54, 1.807) is 24.3 Å². The van der Waals surface area contributed by atoms with Crippen molar-refractivity contribution >= 4 is 11.8 Å². The Hall–Kier alpha value is -2.12. The zero-order chi connectivity index (χ0) is 11.3. The predicted octanol–water partition coefficient (Wildman–Crippen LogP) is 0.658. The highest BCUT2D eigenvalue weighted by Gasteiger charge is 1.97. The van der Waals surface area contributed by atoms with Gasteiger partial charge >= 0.3 is 5.97 Å². The van der Waals surface area contributed by atoms with E-state index in [1.807, 2.05) is 0 Å². The Morgan fingerprint density at radius 1 is 1.27 bits per heavy atom. The van der Waals surface area contributed by atoms with Crippen molar-refractivity contribution in [3.8, 4) is 11.8 Å². The molecule has 0 radical (unpaired) electrons. The van der Waals surface area contributed by atoms with Crippen molar-refractivity contribution in [2.75, 3.05) is 0 Å². The molecule has 0 saturated heterocycles. The van der Waals surface area contributed by atoms with Crippen molar-refractivity contribution in [3.63, 3.8) is 0 Å². The van der Waals surface area contributed by atoms with Crippen molar-refractivity contribution in [2.24, 2.45) is 5.90 Å². The van der Waals surface area contributed by atoms with Gasteiger partial charge in [0.25, 0.3) is 0 Å². The molecule has 0 aromatic heterocycles. The largest absolute Gasteiger partial charge is 0.403 e. The number of benzene rings is 1. The highest BCUT2D eigenvalue weighted by molar-refractivity contribution is 5.94. The third kappa shape index (κ3) is 3.25. The number of hydrogen-bond acceptors (Lipinski definition) is 4. The normalized spacial score (nSPS) is 8.67. The van der Waals surface area contributed by atoms with Gasteiger partial charge in [0.1, 0.15) is 0 Å². The van der Waals surface area contributed by atoms with Gasteiger partial charge < -0.3 is 4.84 Å². The molecule has 1 aromatic carbocycles. The van der Waals surface area contributed by atoms with E-state index in [0.717, 1.165) is 0 Å². The average Bonchev–Trinajstić information content (AvgIpc) is 2.26. The van der Waals surface area contributed by atoms with Crippen LogP contribution in [-0.2, 0) is 9.63 Å². The lowest BCUT2D eigenvalue weighted by atomic mass is 10.1. The fourth-order valence-corrected chi connectivity index (χ4v) is 0.941. The molecule has 0 saturated carbocycles. The van der Waals surface area contributed by atoms with Crippen LogP contribution in [0.3, 0.4) is 0 Å². The third-order valence-corrected chi connectivity index (χ3v) is 1.71. The number of rotatable bonds is 1. The molecule has 4 heteroatoms. The van der Waals surface area contributed by atoms with Gasteiger partial charge in [0.15, 0.2) is 5.78 Å². The summed E-state index contributed by atoms with van der Waals surface area (Å²) in [6.07, 6.45) is 0. The maximum Gasteiger partial charge on any atom is 0.403 e. The summed E-state index contributed by atoms with van der Waals surface area (Å²) in [6, 6.07) is 6.57. The Bertz CT molecular complexity index is 437. The van der Waals surface area contributed by atoms with Crippen molar-refractivity contribution in [1.29, 1.82) is 0 Å². The molecule has 2 N–H and O–H groups in total. The molecule has 0 atom stereocenters. The van der Waals surface area contributed by atoms with Crippen LogP contribution in [0.5, 0.6) is 0 Å². The van der Waals surface area contributed by atoms with Crippen molar-refractivity contribution in [2.45, 2.75) is 6.92 Å². The van der Waals surface area contributed by atoms with Crippen LogP contribution in [0, 0.1) is 11.8 Å². The van der Waals surface area contributed by atoms with Gasteiger partial charge in [-0.25, -0.2) is 4.79 Å². The maximum atomic E-state index is 10.9. The first-order chi connectivity index (χ1) is 7.13. The first-order valence-corrected chi connectivity index (χ1v) is 4.17. The molecule has 76 valence electrons. The smallest absolute Gasteiger partial charge is 0.363 e. The van der Waals surface area contributed by atoms with Gasteiger partial charge in [-0.15, -0.1) is 0 Å². The monoisotopic (exact) mass is 203 g/mol. The van der Waals surface area contributed by atoms with E-state index in [4.69, 9.17) is 0 Å².